The van der Waals surface area contributed by atoms with E-state index in [0.29, 0.717) is 0 Å². The minimum absolute atomic E-state index is 0.675. The van der Waals surface area contributed by atoms with Gasteiger partial charge in [-0.2, -0.15) is 0 Å². The van der Waals surface area contributed by atoms with Crippen LogP contribution in [0.3, 0.4) is 0 Å². The SMILES string of the molecule is [2H]C([2H])(O)[C@@]([2H])(O)[C@@]([2H])(O)[C@]([2H])(O)C=O. The maximum absolute atomic E-state index is 10.1. The topological polar surface area (TPSA) is 98.0 Å². The predicted molar refractivity (Wildman–Crippen MR) is 31.2 cm³/mol. The van der Waals surface area contributed by atoms with E-state index in [0.717, 1.165) is 0 Å². The fourth-order valence-corrected chi connectivity index (χ4v) is 0.230. The van der Waals surface area contributed by atoms with E-state index in [2.05, 4.69) is 0 Å². The highest BCUT2D eigenvalue weighted by Crippen LogP contribution is 1.96. The van der Waals surface area contributed by atoms with Crippen molar-refractivity contribution in [2.24, 2.45) is 0 Å². The molecule has 0 heterocycles. The highest BCUT2D eigenvalue weighted by atomic mass is 16.4. The minimum Gasteiger partial charge on any atom is -0.394 e. The van der Waals surface area contributed by atoms with Crippen LogP contribution in [0.2, 0.25) is 0 Å². The summed E-state index contributed by atoms with van der Waals surface area (Å²) in [5.74, 6) is 0. The first kappa shape index (κ1) is 3.77. The van der Waals surface area contributed by atoms with Gasteiger partial charge in [-0.15, -0.1) is 0 Å². The van der Waals surface area contributed by atoms with Crippen molar-refractivity contribution in [2.75, 3.05) is 6.56 Å². The summed E-state index contributed by atoms with van der Waals surface area (Å²) in [6.07, 6.45) is -12.3. The molecule has 0 aromatic heterocycles. The molecule has 0 spiro atoms. The van der Waals surface area contributed by atoms with E-state index in [1.165, 1.54) is 0 Å². The van der Waals surface area contributed by atoms with Crippen molar-refractivity contribution < 1.29 is 32.1 Å². The molecule has 0 saturated carbocycles. The molecule has 10 heavy (non-hydrogen) atoms. The van der Waals surface area contributed by atoms with E-state index >= 15 is 0 Å². The fraction of sp³-hybridized carbons (Fsp3) is 0.800. The van der Waals surface area contributed by atoms with Crippen molar-refractivity contribution >= 4 is 6.29 Å². The zero-order chi connectivity index (χ0) is 12.7. The number of aldehydes is 1. The van der Waals surface area contributed by atoms with Crippen LogP contribution in [0.5, 0.6) is 0 Å². The Balaban J connectivity index is 5.47. The number of hydrogen-bond acceptors (Lipinski definition) is 5. The van der Waals surface area contributed by atoms with Gasteiger partial charge in [0.1, 0.15) is 18.2 Å². The molecule has 0 saturated heterocycles. The van der Waals surface area contributed by atoms with Crippen LogP contribution in [0.1, 0.15) is 6.85 Å². The third-order valence-electron chi connectivity index (χ3n) is 0.684. The van der Waals surface area contributed by atoms with Gasteiger partial charge in [0, 0.05) is 0 Å². The van der Waals surface area contributed by atoms with Crippen molar-refractivity contribution in [1.82, 2.24) is 0 Å². The van der Waals surface area contributed by atoms with E-state index < -0.39 is 31.1 Å². The fourth-order valence-electron chi connectivity index (χ4n) is 0.230. The lowest BCUT2D eigenvalue weighted by Gasteiger charge is -2.16. The number of carbonyl (C=O) groups excluding carboxylic acids is 1. The Morgan fingerprint density at radius 2 is 2.10 bits per heavy atom. The van der Waals surface area contributed by atoms with E-state index in [9.17, 15) is 4.79 Å². The summed E-state index contributed by atoms with van der Waals surface area (Å²) in [6.45, 7) is -3.82. The minimum atomic E-state index is -3.99. The molecule has 5 nitrogen and oxygen atoms in total. The van der Waals surface area contributed by atoms with Crippen LogP contribution in [0.15, 0.2) is 0 Å². The highest BCUT2D eigenvalue weighted by molar-refractivity contribution is 5.56. The van der Waals surface area contributed by atoms with Crippen LogP contribution in [0.25, 0.3) is 0 Å². The van der Waals surface area contributed by atoms with Crippen molar-refractivity contribution in [3.8, 4) is 0 Å². The van der Waals surface area contributed by atoms with Gasteiger partial charge < -0.3 is 25.2 Å². The Morgan fingerprint density at radius 1 is 1.60 bits per heavy atom. The summed E-state index contributed by atoms with van der Waals surface area (Å²) in [5.41, 5.74) is 0. The molecule has 4 N–H and O–H groups in total. The Hall–Kier alpha value is -0.490. The van der Waals surface area contributed by atoms with E-state index in [1.807, 2.05) is 0 Å². The average Bonchev–Trinajstić information content (AvgIpc) is 2.01. The van der Waals surface area contributed by atoms with E-state index in [4.69, 9.17) is 27.3 Å². The van der Waals surface area contributed by atoms with Crippen molar-refractivity contribution in [3.63, 3.8) is 0 Å². The monoisotopic (exact) mass is 155 g/mol. The van der Waals surface area contributed by atoms with E-state index in [1.54, 1.807) is 0 Å². The molecular weight excluding hydrogens is 140 g/mol. The van der Waals surface area contributed by atoms with Crippen LogP contribution in [-0.4, -0.2) is 51.5 Å². The quantitative estimate of drug-likeness (QED) is 0.330. The second kappa shape index (κ2) is 4.35. The Kier molecular flexibility index (Phi) is 1.64. The Labute approximate surface area is 64.6 Å². The van der Waals surface area contributed by atoms with Gasteiger partial charge in [0.2, 0.25) is 0 Å². The number of carbonyl (C=O) groups is 1. The van der Waals surface area contributed by atoms with E-state index in [-0.39, 0.29) is 0 Å². The molecule has 60 valence electrons. The first-order chi connectivity index (χ1) is 6.31. The normalized spacial score (nSPS) is 37.8. The first-order valence-corrected chi connectivity index (χ1v) is 2.17. The van der Waals surface area contributed by atoms with Crippen LogP contribution in [0, 0.1) is 0 Å². The number of hydrogen-bond donors (Lipinski definition) is 4. The average molecular weight is 155 g/mol. The van der Waals surface area contributed by atoms with Crippen LogP contribution >= 0.6 is 0 Å². The Bertz CT molecular complexity index is 257. The molecule has 0 rings (SSSR count). The smallest absolute Gasteiger partial charge is 0.151 e. The molecule has 0 amide bonds. The molecule has 3 atom stereocenters. The van der Waals surface area contributed by atoms with Crippen LogP contribution in [0.4, 0.5) is 0 Å². The summed E-state index contributed by atoms with van der Waals surface area (Å²) in [6, 6.07) is 0. The number of rotatable bonds is 4. The van der Waals surface area contributed by atoms with Gasteiger partial charge >= 0.3 is 0 Å². The molecule has 0 aliphatic heterocycles. The van der Waals surface area contributed by atoms with Gasteiger partial charge in [-0.3, -0.25) is 0 Å². The third-order valence-corrected chi connectivity index (χ3v) is 0.684. The molecule has 0 aromatic rings. The zero-order valence-corrected chi connectivity index (χ0v) is 4.77. The lowest BCUT2D eigenvalue weighted by Crippen LogP contribution is -2.40. The second-order valence-corrected chi connectivity index (χ2v) is 1.31. The van der Waals surface area contributed by atoms with Gasteiger partial charge in [-0.05, 0) is 0 Å². The van der Waals surface area contributed by atoms with Crippen molar-refractivity contribution in [3.05, 3.63) is 0 Å². The standard InChI is InChI=1S/C5H10O5/c6-1-3(8)5(10)4(9)2-7/h1,3-5,7-10H,2H2/t3-,4-,5+/m1/s1/i2D2,3D,4D,5D. The maximum Gasteiger partial charge on any atom is 0.151 e. The largest absolute Gasteiger partial charge is 0.394 e. The lowest BCUT2D eigenvalue weighted by atomic mass is 10.1. The summed E-state index contributed by atoms with van der Waals surface area (Å²) in [4.78, 5) is 10.1. The van der Waals surface area contributed by atoms with Gasteiger partial charge in [0.05, 0.1) is 13.4 Å². The molecule has 0 aliphatic carbocycles. The molecule has 0 aromatic carbocycles. The van der Waals surface area contributed by atoms with Crippen molar-refractivity contribution in [2.45, 2.75) is 18.2 Å². The van der Waals surface area contributed by atoms with Crippen LogP contribution in [-0.2, 0) is 4.79 Å². The van der Waals surface area contributed by atoms with Gasteiger partial charge in [-0.25, -0.2) is 0 Å². The highest BCUT2D eigenvalue weighted by Gasteiger charge is 2.22. The van der Waals surface area contributed by atoms with Crippen LogP contribution < -0.4 is 0 Å². The molecule has 0 radical (unpaired) electrons. The third kappa shape index (κ3) is 2.40. The molecular formula is C5H10O5. The van der Waals surface area contributed by atoms with Gasteiger partial charge in [0.25, 0.3) is 0 Å². The summed E-state index contributed by atoms with van der Waals surface area (Å²) in [5, 5.41) is 35.6. The molecule has 0 aliphatic rings. The molecule has 0 bridgehead atoms. The van der Waals surface area contributed by atoms with Gasteiger partial charge in [0.15, 0.2) is 6.29 Å². The Morgan fingerprint density at radius 3 is 2.40 bits per heavy atom. The summed E-state index contributed by atoms with van der Waals surface area (Å²) < 4.78 is 33.4. The molecule has 0 fully saturated rings. The predicted octanol–water partition coefficient (Wildman–Crippen LogP) is -2.74. The van der Waals surface area contributed by atoms with Crippen molar-refractivity contribution in [1.29, 1.82) is 0 Å². The summed E-state index contributed by atoms with van der Waals surface area (Å²) >= 11 is 0. The lowest BCUT2D eigenvalue weighted by molar-refractivity contribution is -0.127. The number of aliphatic hydroxyl groups is 4. The maximum atomic E-state index is 10.1. The van der Waals surface area contributed by atoms with Gasteiger partial charge in [-0.1, -0.05) is 0 Å². The zero-order valence-electron chi connectivity index (χ0n) is 9.77. The molecule has 5 heteroatoms. The second-order valence-electron chi connectivity index (χ2n) is 1.31. The molecule has 0 unspecified atom stereocenters. The first-order valence-electron chi connectivity index (χ1n) is 4.67. The summed E-state index contributed by atoms with van der Waals surface area (Å²) in [7, 11) is 0.